The number of ether oxygens (including phenoxy) is 1. The van der Waals surface area contributed by atoms with Crippen molar-refractivity contribution in [2.75, 3.05) is 6.61 Å². The Morgan fingerprint density at radius 2 is 1.79 bits per heavy atom. The summed E-state index contributed by atoms with van der Waals surface area (Å²) in [5.74, 6) is -1.06. The van der Waals surface area contributed by atoms with Crippen LogP contribution in [-0.4, -0.2) is 18.4 Å². The molecule has 1 atom stereocenters. The van der Waals surface area contributed by atoms with Crippen LogP contribution in [0, 0.1) is 12.8 Å². The second-order valence-corrected chi connectivity index (χ2v) is 4.72. The topological polar surface area (TPSA) is 43.4 Å². The SMILES string of the molecule is CCCC(C(=O)Cc1ccc(C)cc1)C(=O)OCC. The third-order valence-electron chi connectivity index (χ3n) is 3.04. The maximum absolute atomic E-state index is 12.2. The quantitative estimate of drug-likeness (QED) is 0.560. The molecule has 3 nitrogen and oxygen atoms in total. The molecule has 1 unspecified atom stereocenters. The summed E-state index contributed by atoms with van der Waals surface area (Å²) in [5.41, 5.74) is 2.10. The number of carbonyl (C=O) groups is 2. The predicted molar refractivity (Wildman–Crippen MR) is 74.9 cm³/mol. The smallest absolute Gasteiger partial charge is 0.316 e. The van der Waals surface area contributed by atoms with Crippen molar-refractivity contribution in [1.29, 1.82) is 0 Å². The van der Waals surface area contributed by atoms with E-state index in [1.807, 2.05) is 38.1 Å². The van der Waals surface area contributed by atoms with E-state index in [2.05, 4.69) is 0 Å². The Bertz CT molecular complexity index is 420. The summed E-state index contributed by atoms with van der Waals surface area (Å²) in [6.07, 6.45) is 1.65. The standard InChI is InChI=1S/C16H22O3/c1-4-6-14(16(18)19-5-2)15(17)11-13-9-7-12(3)8-10-13/h7-10,14H,4-6,11H2,1-3H3. The van der Waals surface area contributed by atoms with Gasteiger partial charge in [0.15, 0.2) is 5.78 Å². The first-order valence-corrected chi connectivity index (χ1v) is 6.83. The molecule has 0 spiro atoms. The minimum Gasteiger partial charge on any atom is -0.465 e. The fourth-order valence-electron chi connectivity index (χ4n) is 1.97. The number of hydrogen-bond donors (Lipinski definition) is 0. The summed E-state index contributed by atoms with van der Waals surface area (Å²) >= 11 is 0. The Labute approximate surface area is 115 Å². The highest BCUT2D eigenvalue weighted by atomic mass is 16.5. The van der Waals surface area contributed by atoms with Gasteiger partial charge in [-0.15, -0.1) is 0 Å². The second kappa shape index (κ2) is 7.72. The van der Waals surface area contributed by atoms with Gasteiger partial charge >= 0.3 is 5.97 Å². The van der Waals surface area contributed by atoms with Crippen LogP contribution in [0.1, 0.15) is 37.8 Å². The van der Waals surface area contributed by atoms with Crippen LogP contribution in [0.5, 0.6) is 0 Å². The predicted octanol–water partition coefficient (Wildman–Crippen LogP) is 3.09. The van der Waals surface area contributed by atoms with E-state index in [0.29, 0.717) is 19.4 Å². The molecule has 19 heavy (non-hydrogen) atoms. The van der Waals surface area contributed by atoms with E-state index in [1.165, 1.54) is 0 Å². The van der Waals surface area contributed by atoms with Crippen LogP contribution in [-0.2, 0) is 20.7 Å². The molecule has 0 fully saturated rings. The van der Waals surface area contributed by atoms with Gasteiger partial charge in [-0.25, -0.2) is 0 Å². The third-order valence-corrected chi connectivity index (χ3v) is 3.04. The van der Waals surface area contributed by atoms with Crippen molar-refractivity contribution in [3.05, 3.63) is 35.4 Å². The lowest BCUT2D eigenvalue weighted by atomic mass is 9.93. The number of hydrogen-bond acceptors (Lipinski definition) is 3. The molecule has 104 valence electrons. The average Bonchev–Trinajstić information content (AvgIpc) is 2.38. The van der Waals surface area contributed by atoms with Crippen LogP contribution in [0.15, 0.2) is 24.3 Å². The summed E-state index contributed by atoms with van der Waals surface area (Å²) in [6.45, 7) is 6.04. The maximum atomic E-state index is 12.2. The molecule has 0 aliphatic carbocycles. The number of rotatable bonds is 7. The molecule has 0 saturated carbocycles. The van der Waals surface area contributed by atoms with Gasteiger partial charge in [-0.1, -0.05) is 43.2 Å². The summed E-state index contributed by atoms with van der Waals surface area (Å²) in [6, 6.07) is 7.81. The molecule has 0 saturated heterocycles. The fourth-order valence-corrected chi connectivity index (χ4v) is 1.97. The Balaban J connectivity index is 2.71. The summed E-state index contributed by atoms with van der Waals surface area (Å²) in [4.78, 5) is 24.0. The van der Waals surface area contributed by atoms with Gasteiger partial charge in [0.2, 0.25) is 0 Å². The summed E-state index contributed by atoms with van der Waals surface area (Å²) in [5, 5.41) is 0. The van der Waals surface area contributed by atoms with E-state index in [4.69, 9.17) is 4.74 Å². The van der Waals surface area contributed by atoms with Crippen molar-refractivity contribution in [3.8, 4) is 0 Å². The van der Waals surface area contributed by atoms with E-state index < -0.39 is 5.92 Å². The number of ketones is 1. The zero-order chi connectivity index (χ0) is 14.3. The normalized spacial score (nSPS) is 11.9. The summed E-state index contributed by atoms with van der Waals surface area (Å²) in [7, 11) is 0. The van der Waals surface area contributed by atoms with Crippen LogP contribution in [0.3, 0.4) is 0 Å². The van der Waals surface area contributed by atoms with Crippen LogP contribution >= 0.6 is 0 Å². The first-order valence-electron chi connectivity index (χ1n) is 6.83. The van der Waals surface area contributed by atoms with Crippen LogP contribution in [0.25, 0.3) is 0 Å². The van der Waals surface area contributed by atoms with E-state index in [-0.39, 0.29) is 11.8 Å². The second-order valence-electron chi connectivity index (χ2n) is 4.72. The molecule has 3 heteroatoms. The Kier molecular flexibility index (Phi) is 6.26. The van der Waals surface area contributed by atoms with Crippen LogP contribution in [0.4, 0.5) is 0 Å². The van der Waals surface area contributed by atoms with E-state index in [0.717, 1.165) is 17.5 Å². The lowest BCUT2D eigenvalue weighted by Crippen LogP contribution is -2.27. The Morgan fingerprint density at radius 3 is 2.32 bits per heavy atom. The number of esters is 1. The molecule has 1 rings (SSSR count). The molecule has 0 aliphatic heterocycles. The van der Waals surface area contributed by atoms with Gasteiger partial charge in [0, 0.05) is 6.42 Å². The number of aryl methyl sites for hydroxylation is 1. The van der Waals surface area contributed by atoms with Crippen molar-refractivity contribution >= 4 is 11.8 Å². The van der Waals surface area contributed by atoms with Crippen LogP contribution < -0.4 is 0 Å². The average molecular weight is 262 g/mol. The first kappa shape index (κ1) is 15.4. The number of benzene rings is 1. The highest BCUT2D eigenvalue weighted by molar-refractivity contribution is 5.99. The maximum Gasteiger partial charge on any atom is 0.316 e. The minimum absolute atomic E-state index is 0.0517. The molecule has 1 aromatic carbocycles. The van der Waals surface area contributed by atoms with E-state index in [1.54, 1.807) is 6.92 Å². The molecular formula is C16H22O3. The highest BCUT2D eigenvalue weighted by Crippen LogP contribution is 2.14. The van der Waals surface area contributed by atoms with Crippen LogP contribution in [0.2, 0.25) is 0 Å². The Morgan fingerprint density at radius 1 is 1.16 bits per heavy atom. The molecule has 0 amide bonds. The third kappa shape index (κ3) is 4.86. The number of carbonyl (C=O) groups excluding carboxylic acids is 2. The van der Waals surface area contributed by atoms with Crippen molar-refractivity contribution in [3.63, 3.8) is 0 Å². The van der Waals surface area contributed by atoms with Gasteiger partial charge in [0.1, 0.15) is 5.92 Å². The number of Topliss-reactive ketones (excluding diaryl/α,β-unsaturated/α-hetero) is 1. The van der Waals surface area contributed by atoms with Gasteiger partial charge in [-0.05, 0) is 25.8 Å². The fraction of sp³-hybridized carbons (Fsp3) is 0.500. The highest BCUT2D eigenvalue weighted by Gasteiger charge is 2.26. The Hall–Kier alpha value is -1.64. The van der Waals surface area contributed by atoms with Gasteiger partial charge < -0.3 is 4.74 Å². The monoisotopic (exact) mass is 262 g/mol. The minimum atomic E-state index is -0.619. The van der Waals surface area contributed by atoms with Crippen molar-refractivity contribution in [1.82, 2.24) is 0 Å². The van der Waals surface area contributed by atoms with Gasteiger partial charge in [-0.3, -0.25) is 9.59 Å². The zero-order valence-corrected chi connectivity index (χ0v) is 11.9. The van der Waals surface area contributed by atoms with Gasteiger partial charge in [0.25, 0.3) is 0 Å². The zero-order valence-electron chi connectivity index (χ0n) is 11.9. The lowest BCUT2D eigenvalue weighted by molar-refractivity contribution is -0.151. The van der Waals surface area contributed by atoms with Crippen molar-refractivity contribution in [2.24, 2.45) is 5.92 Å². The molecular weight excluding hydrogens is 240 g/mol. The van der Waals surface area contributed by atoms with Gasteiger partial charge in [0.05, 0.1) is 6.61 Å². The molecule has 0 bridgehead atoms. The first-order chi connectivity index (χ1) is 9.08. The molecule has 0 heterocycles. The van der Waals surface area contributed by atoms with Crippen molar-refractivity contribution in [2.45, 2.75) is 40.0 Å². The van der Waals surface area contributed by atoms with E-state index >= 15 is 0 Å². The molecule has 0 N–H and O–H groups in total. The van der Waals surface area contributed by atoms with E-state index in [9.17, 15) is 9.59 Å². The summed E-state index contributed by atoms with van der Waals surface area (Å²) < 4.78 is 4.97. The van der Waals surface area contributed by atoms with Crippen molar-refractivity contribution < 1.29 is 14.3 Å². The molecule has 0 aromatic heterocycles. The van der Waals surface area contributed by atoms with Gasteiger partial charge in [-0.2, -0.15) is 0 Å². The molecule has 1 aromatic rings. The largest absolute Gasteiger partial charge is 0.465 e. The molecule has 0 radical (unpaired) electrons. The lowest BCUT2D eigenvalue weighted by Gasteiger charge is -2.13. The molecule has 0 aliphatic rings.